The van der Waals surface area contributed by atoms with Crippen LogP contribution in [-0.2, 0) is 13.0 Å². The monoisotopic (exact) mass is 270 g/mol. The van der Waals surface area contributed by atoms with E-state index in [1.54, 1.807) is 7.11 Å². The van der Waals surface area contributed by atoms with Crippen LogP contribution in [-0.4, -0.2) is 12.1 Å². The fourth-order valence-corrected chi connectivity index (χ4v) is 2.03. The number of pyridine rings is 1. The third kappa shape index (κ3) is 4.26. The molecule has 2 rings (SSSR count). The van der Waals surface area contributed by atoms with Gasteiger partial charge in [0, 0.05) is 11.8 Å². The van der Waals surface area contributed by atoms with Gasteiger partial charge in [-0.2, -0.15) is 0 Å². The third-order valence-corrected chi connectivity index (χ3v) is 3.24. The van der Waals surface area contributed by atoms with Crippen molar-refractivity contribution in [3.63, 3.8) is 0 Å². The lowest BCUT2D eigenvalue weighted by molar-refractivity contribution is 0.396. The molecule has 1 aromatic heterocycles. The van der Waals surface area contributed by atoms with Crippen LogP contribution < -0.4 is 10.1 Å². The number of ether oxygens (including phenoxy) is 1. The summed E-state index contributed by atoms with van der Waals surface area (Å²) in [7, 11) is 1.63. The van der Waals surface area contributed by atoms with Crippen LogP contribution in [0.2, 0.25) is 0 Å². The second-order valence-corrected chi connectivity index (χ2v) is 4.83. The van der Waals surface area contributed by atoms with Crippen LogP contribution in [0.1, 0.15) is 31.0 Å². The third-order valence-electron chi connectivity index (χ3n) is 3.24. The van der Waals surface area contributed by atoms with E-state index in [0.29, 0.717) is 12.4 Å². The molecular weight excluding hydrogens is 248 g/mol. The largest absolute Gasteiger partial charge is 0.481 e. The van der Waals surface area contributed by atoms with Crippen LogP contribution in [0.5, 0.6) is 5.88 Å². The average molecular weight is 270 g/mol. The SMILES string of the molecule is CCCCc1ccc(NCc2cccc(OC)n2)cc1. The zero-order valence-electron chi connectivity index (χ0n) is 12.2. The molecule has 0 spiro atoms. The lowest BCUT2D eigenvalue weighted by Crippen LogP contribution is -2.02. The molecule has 0 amide bonds. The number of unbranched alkanes of at least 4 members (excludes halogenated alkanes) is 1. The Kier molecular flexibility index (Phi) is 5.42. The van der Waals surface area contributed by atoms with Gasteiger partial charge in [-0.1, -0.05) is 31.5 Å². The van der Waals surface area contributed by atoms with Crippen LogP contribution >= 0.6 is 0 Å². The first-order valence-corrected chi connectivity index (χ1v) is 7.14. The number of anilines is 1. The van der Waals surface area contributed by atoms with E-state index >= 15 is 0 Å². The maximum atomic E-state index is 5.12. The molecule has 0 saturated heterocycles. The first-order chi connectivity index (χ1) is 9.81. The minimum atomic E-state index is 0.652. The van der Waals surface area contributed by atoms with E-state index < -0.39 is 0 Å². The minimum absolute atomic E-state index is 0.652. The quantitative estimate of drug-likeness (QED) is 0.824. The summed E-state index contributed by atoms with van der Waals surface area (Å²) in [6, 6.07) is 14.4. The van der Waals surface area contributed by atoms with Gasteiger partial charge in [0.1, 0.15) is 0 Å². The topological polar surface area (TPSA) is 34.1 Å². The minimum Gasteiger partial charge on any atom is -0.481 e. The maximum absolute atomic E-state index is 5.12. The molecule has 106 valence electrons. The number of rotatable bonds is 7. The second-order valence-electron chi connectivity index (χ2n) is 4.83. The summed E-state index contributed by atoms with van der Waals surface area (Å²) in [5, 5.41) is 3.38. The van der Waals surface area contributed by atoms with Crippen molar-refractivity contribution in [2.75, 3.05) is 12.4 Å². The van der Waals surface area contributed by atoms with Crippen LogP contribution in [0.4, 0.5) is 5.69 Å². The number of nitrogens with one attached hydrogen (secondary N) is 1. The number of hydrogen-bond donors (Lipinski definition) is 1. The first-order valence-electron chi connectivity index (χ1n) is 7.14. The average Bonchev–Trinajstić information content (AvgIpc) is 2.52. The second kappa shape index (κ2) is 7.53. The Bertz CT molecular complexity index is 523. The fraction of sp³-hybridized carbons (Fsp3) is 0.353. The van der Waals surface area contributed by atoms with Crippen molar-refractivity contribution < 1.29 is 4.74 Å². The summed E-state index contributed by atoms with van der Waals surface area (Å²) in [5.74, 6) is 0.652. The first kappa shape index (κ1) is 14.4. The molecule has 1 N–H and O–H groups in total. The molecule has 0 saturated carbocycles. The van der Waals surface area contributed by atoms with Gasteiger partial charge in [0.2, 0.25) is 5.88 Å². The van der Waals surface area contributed by atoms with Crippen LogP contribution in [0.15, 0.2) is 42.5 Å². The van der Waals surface area contributed by atoms with Crippen molar-refractivity contribution in [2.45, 2.75) is 32.7 Å². The predicted molar refractivity (Wildman–Crippen MR) is 83.2 cm³/mol. The van der Waals surface area contributed by atoms with Gasteiger partial charge in [-0.05, 0) is 36.6 Å². The molecule has 0 fully saturated rings. The number of aryl methyl sites for hydroxylation is 1. The van der Waals surface area contributed by atoms with Gasteiger partial charge < -0.3 is 10.1 Å². The highest BCUT2D eigenvalue weighted by Gasteiger charge is 1.98. The normalized spacial score (nSPS) is 10.3. The Morgan fingerprint density at radius 3 is 2.60 bits per heavy atom. The van der Waals surface area contributed by atoms with Crippen LogP contribution in [0.25, 0.3) is 0 Å². The maximum Gasteiger partial charge on any atom is 0.213 e. The zero-order chi connectivity index (χ0) is 14.2. The smallest absolute Gasteiger partial charge is 0.213 e. The number of methoxy groups -OCH3 is 1. The van der Waals surface area contributed by atoms with E-state index in [-0.39, 0.29) is 0 Å². The molecule has 3 heteroatoms. The van der Waals surface area contributed by atoms with Crippen molar-refractivity contribution >= 4 is 5.69 Å². The number of nitrogens with zero attached hydrogens (tertiary/aromatic N) is 1. The number of aromatic nitrogens is 1. The van der Waals surface area contributed by atoms with Gasteiger partial charge in [-0.25, -0.2) is 4.98 Å². The van der Waals surface area contributed by atoms with Gasteiger partial charge in [0.05, 0.1) is 19.3 Å². The highest BCUT2D eigenvalue weighted by atomic mass is 16.5. The Morgan fingerprint density at radius 1 is 1.10 bits per heavy atom. The Morgan fingerprint density at radius 2 is 1.90 bits per heavy atom. The lowest BCUT2D eigenvalue weighted by Gasteiger charge is -2.08. The Labute approximate surface area is 121 Å². The zero-order valence-corrected chi connectivity index (χ0v) is 12.2. The summed E-state index contributed by atoms with van der Waals surface area (Å²) >= 11 is 0. The summed E-state index contributed by atoms with van der Waals surface area (Å²) in [5.41, 5.74) is 3.49. The molecule has 3 nitrogen and oxygen atoms in total. The molecule has 0 unspecified atom stereocenters. The molecule has 0 radical (unpaired) electrons. The van der Waals surface area contributed by atoms with E-state index in [4.69, 9.17) is 4.74 Å². The molecular formula is C17H22N2O. The summed E-state index contributed by atoms with van der Waals surface area (Å²) < 4.78 is 5.12. The molecule has 0 aliphatic carbocycles. The molecule has 20 heavy (non-hydrogen) atoms. The summed E-state index contributed by atoms with van der Waals surface area (Å²) in [4.78, 5) is 4.38. The Balaban J connectivity index is 1.89. The van der Waals surface area contributed by atoms with Crippen molar-refractivity contribution in [2.24, 2.45) is 0 Å². The van der Waals surface area contributed by atoms with Gasteiger partial charge >= 0.3 is 0 Å². The van der Waals surface area contributed by atoms with E-state index in [1.807, 2.05) is 18.2 Å². The van der Waals surface area contributed by atoms with Gasteiger partial charge in [0.15, 0.2) is 0 Å². The summed E-state index contributed by atoms with van der Waals surface area (Å²) in [6.07, 6.45) is 3.65. The molecule has 2 aromatic rings. The van der Waals surface area contributed by atoms with Gasteiger partial charge in [0.25, 0.3) is 0 Å². The van der Waals surface area contributed by atoms with E-state index in [2.05, 4.69) is 41.5 Å². The standard InChI is InChI=1S/C17H22N2O/c1-3-4-6-14-9-11-15(12-10-14)18-13-16-7-5-8-17(19-16)20-2/h5,7-12,18H,3-4,6,13H2,1-2H3. The Hall–Kier alpha value is -2.03. The highest BCUT2D eigenvalue weighted by molar-refractivity contribution is 5.44. The van der Waals surface area contributed by atoms with Crippen molar-refractivity contribution in [3.05, 3.63) is 53.7 Å². The molecule has 1 heterocycles. The lowest BCUT2D eigenvalue weighted by atomic mass is 10.1. The van der Waals surface area contributed by atoms with Crippen molar-refractivity contribution in [1.82, 2.24) is 4.98 Å². The molecule has 0 aliphatic heterocycles. The van der Waals surface area contributed by atoms with E-state index in [1.165, 1.54) is 18.4 Å². The van der Waals surface area contributed by atoms with Crippen LogP contribution in [0.3, 0.4) is 0 Å². The van der Waals surface area contributed by atoms with E-state index in [9.17, 15) is 0 Å². The van der Waals surface area contributed by atoms with Gasteiger partial charge in [-0.15, -0.1) is 0 Å². The molecule has 0 atom stereocenters. The van der Waals surface area contributed by atoms with Gasteiger partial charge in [-0.3, -0.25) is 0 Å². The molecule has 1 aromatic carbocycles. The van der Waals surface area contributed by atoms with Crippen molar-refractivity contribution in [1.29, 1.82) is 0 Å². The fourth-order valence-electron chi connectivity index (χ4n) is 2.03. The number of hydrogen-bond acceptors (Lipinski definition) is 3. The summed E-state index contributed by atoms with van der Waals surface area (Å²) in [6.45, 7) is 2.92. The van der Waals surface area contributed by atoms with Crippen molar-refractivity contribution in [3.8, 4) is 5.88 Å². The molecule has 0 aliphatic rings. The highest BCUT2D eigenvalue weighted by Crippen LogP contribution is 2.13. The molecule has 0 bridgehead atoms. The number of benzene rings is 1. The van der Waals surface area contributed by atoms with E-state index in [0.717, 1.165) is 17.8 Å². The van der Waals surface area contributed by atoms with Crippen LogP contribution in [0, 0.1) is 0 Å². The predicted octanol–water partition coefficient (Wildman–Crippen LogP) is 4.04.